The number of aliphatic imine (C=N–C) groups is 1. The molecule has 0 aliphatic carbocycles. The number of rotatable bonds is 8. The highest BCUT2D eigenvalue weighted by Gasteiger charge is 2.35. The van der Waals surface area contributed by atoms with E-state index in [1.165, 1.54) is 5.56 Å². The average Bonchev–Trinajstić information content (AvgIpc) is 2.71. The van der Waals surface area contributed by atoms with Crippen LogP contribution in [-0.2, 0) is 14.9 Å². The summed E-state index contributed by atoms with van der Waals surface area (Å²) in [5.74, 6) is 1.71. The molecule has 0 bridgehead atoms. The number of nitrogens with zero attached hydrogens (tertiary/aromatic N) is 1. The van der Waals surface area contributed by atoms with E-state index in [0.29, 0.717) is 13.2 Å². The Balaban J connectivity index is 2.05. The average molecular weight is 406 g/mol. The highest BCUT2D eigenvalue weighted by atomic mass is 16.5. The van der Waals surface area contributed by atoms with Crippen molar-refractivity contribution in [3.05, 3.63) is 29.8 Å². The van der Waals surface area contributed by atoms with Crippen LogP contribution in [0.2, 0.25) is 0 Å². The smallest absolute Gasteiger partial charge is 0.191 e. The van der Waals surface area contributed by atoms with Crippen LogP contribution in [0.4, 0.5) is 0 Å². The minimum absolute atomic E-state index is 0.0191. The highest BCUT2D eigenvalue weighted by molar-refractivity contribution is 5.79. The van der Waals surface area contributed by atoms with Crippen LogP contribution >= 0.6 is 0 Å². The lowest BCUT2D eigenvalue weighted by Crippen LogP contribution is -2.50. The Labute approximate surface area is 176 Å². The van der Waals surface area contributed by atoms with Crippen molar-refractivity contribution in [1.82, 2.24) is 10.6 Å². The van der Waals surface area contributed by atoms with Gasteiger partial charge in [-0.3, -0.25) is 4.99 Å². The van der Waals surface area contributed by atoms with Gasteiger partial charge < -0.3 is 24.8 Å². The molecular weight excluding hydrogens is 366 g/mol. The number of ether oxygens (including phenoxy) is 3. The maximum absolute atomic E-state index is 5.66. The summed E-state index contributed by atoms with van der Waals surface area (Å²) in [5, 5.41) is 6.97. The molecule has 0 aromatic heterocycles. The molecule has 1 atom stereocenters. The Kier molecular flexibility index (Phi) is 8.78. The van der Waals surface area contributed by atoms with Crippen molar-refractivity contribution < 1.29 is 14.2 Å². The molecule has 6 nitrogen and oxygen atoms in total. The van der Waals surface area contributed by atoms with E-state index in [0.717, 1.165) is 44.3 Å². The third-order valence-corrected chi connectivity index (χ3v) is 5.75. The van der Waals surface area contributed by atoms with E-state index in [-0.39, 0.29) is 16.9 Å². The van der Waals surface area contributed by atoms with E-state index in [2.05, 4.69) is 60.7 Å². The van der Waals surface area contributed by atoms with Gasteiger partial charge >= 0.3 is 0 Å². The van der Waals surface area contributed by atoms with Crippen LogP contribution in [0.5, 0.6) is 5.75 Å². The summed E-state index contributed by atoms with van der Waals surface area (Å²) in [5.41, 5.74) is 1.40. The molecule has 0 radical (unpaired) electrons. The second-order valence-corrected chi connectivity index (χ2v) is 8.75. The molecule has 0 saturated carbocycles. The van der Waals surface area contributed by atoms with Crippen LogP contribution in [0.25, 0.3) is 0 Å². The molecule has 0 amide bonds. The van der Waals surface area contributed by atoms with Gasteiger partial charge in [0.25, 0.3) is 0 Å². The van der Waals surface area contributed by atoms with Gasteiger partial charge in [-0.25, -0.2) is 0 Å². The molecule has 1 aromatic rings. The van der Waals surface area contributed by atoms with Crippen molar-refractivity contribution in [3.63, 3.8) is 0 Å². The van der Waals surface area contributed by atoms with E-state index in [1.54, 1.807) is 7.11 Å². The van der Waals surface area contributed by atoms with Crippen LogP contribution in [-0.4, -0.2) is 59.1 Å². The minimum atomic E-state index is 0.0191. The summed E-state index contributed by atoms with van der Waals surface area (Å²) in [6, 6.07) is 8.51. The molecule has 2 N–H and O–H groups in total. The van der Waals surface area contributed by atoms with E-state index < -0.39 is 0 Å². The maximum atomic E-state index is 5.66. The Hall–Kier alpha value is -1.79. The largest absolute Gasteiger partial charge is 0.494 e. The van der Waals surface area contributed by atoms with Gasteiger partial charge in [0.05, 0.1) is 12.7 Å². The van der Waals surface area contributed by atoms with Gasteiger partial charge in [0.2, 0.25) is 0 Å². The van der Waals surface area contributed by atoms with Gasteiger partial charge in [-0.2, -0.15) is 0 Å². The quantitative estimate of drug-likeness (QED) is 0.513. The molecule has 0 spiro atoms. The molecule has 1 heterocycles. The standard InChI is InChI=1S/C23H39N3O3/c1-7-29-19-10-8-18(9-11-19)23(12-14-28-15-13-23)17-26-21(24-5)25-16-20(27-6)22(2,3)4/h8-11,20H,7,12-17H2,1-6H3,(H2,24,25,26). The zero-order valence-corrected chi connectivity index (χ0v) is 19.0. The normalized spacial score (nSPS) is 18.2. The molecule has 29 heavy (non-hydrogen) atoms. The van der Waals surface area contributed by atoms with E-state index in [1.807, 2.05) is 14.0 Å². The van der Waals surface area contributed by atoms with Crippen molar-refractivity contribution in [2.75, 3.05) is 47.1 Å². The molecule has 1 unspecified atom stereocenters. The first kappa shape index (κ1) is 23.5. The summed E-state index contributed by atoms with van der Waals surface area (Å²) in [6.07, 6.45) is 2.06. The van der Waals surface area contributed by atoms with Crippen molar-refractivity contribution in [1.29, 1.82) is 0 Å². The van der Waals surface area contributed by atoms with Crippen molar-refractivity contribution in [3.8, 4) is 5.75 Å². The fourth-order valence-corrected chi connectivity index (χ4v) is 3.81. The molecule has 6 heteroatoms. The molecule has 2 rings (SSSR count). The zero-order valence-electron chi connectivity index (χ0n) is 19.0. The summed E-state index contributed by atoms with van der Waals surface area (Å²) in [4.78, 5) is 4.41. The van der Waals surface area contributed by atoms with Gasteiger partial charge in [0, 0.05) is 45.9 Å². The number of methoxy groups -OCH3 is 1. The summed E-state index contributed by atoms with van der Waals surface area (Å²) < 4.78 is 16.9. The first-order valence-electron chi connectivity index (χ1n) is 10.6. The fourth-order valence-electron chi connectivity index (χ4n) is 3.81. The molecule has 1 aromatic carbocycles. The third kappa shape index (κ3) is 6.61. The number of nitrogens with one attached hydrogen (secondary N) is 2. The summed E-state index contributed by atoms with van der Waals surface area (Å²) >= 11 is 0. The van der Waals surface area contributed by atoms with Crippen LogP contribution < -0.4 is 15.4 Å². The molecule has 164 valence electrons. The first-order chi connectivity index (χ1) is 13.8. The van der Waals surface area contributed by atoms with Gasteiger partial charge in [0.15, 0.2) is 5.96 Å². The maximum Gasteiger partial charge on any atom is 0.191 e. The van der Waals surface area contributed by atoms with Crippen molar-refractivity contribution in [2.24, 2.45) is 10.4 Å². The number of hydrogen-bond acceptors (Lipinski definition) is 4. The Morgan fingerprint density at radius 2 is 1.83 bits per heavy atom. The van der Waals surface area contributed by atoms with Gasteiger partial charge in [0.1, 0.15) is 5.75 Å². The SMILES string of the molecule is CCOc1ccc(C2(CNC(=NC)NCC(OC)C(C)(C)C)CCOCC2)cc1. The minimum Gasteiger partial charge on any atom is -0.494 e. The molecule has 1 fully saturated rings. The van der Waals surface area contributed by atoms with Crippen LogP contribution in [0.1, 0.15) is 46.1 Å². The Morgan fingerprint density at radius 3 is 2.34 bits per heavy atom. The topological polar surface area (TPSA) is 64.1 Å². The van der Waals surface area contributed by atoms with E-state index in [4.69, 9.17) is 14.2 Å². The van der Waals surface area contributed by atoms with Crippen LogP contribution in [0, 0.1) is 5.41 Å². The predicted octanol–water partition coefficient (Wildman–Crippen LogP) is 3.36. The molecule has 1 aliphatic rings. The first-order valence-corrected chi connectivity index (χ1v) is 10.6. The third-order valence-electron chi connectivity index (χ3n) is 5.75. The van der Waals surface area contributed by atoms with Crippen LogP contribution in [0.15, 0.2) is 29.3 Å². The Bertz CT molecular complexity index is 632. The Morgan fingerprint density at radius 1 is 1.17 bits per heavy atom. The van der Waals surface area contributed by atoms with Gasteiger partial charge in [-0.15, -0.1) is 0 Å². The van der Waals surface area contributed by atoms with Gasteiger partial charge in [-0.05, 0) is 42.9 Å². The van der Waals surface area contributed by atoms with Crippen molar-refractivity contribution >= 4 is 5.96 Å². The summed E-state index contributed by atoms with van der Waals surface area (Å²) in [7, 11) is 3.57. The molecule has 1 saturated heterocycles. The second kappa shape index (κ2) is 10.8. The van der Waals surface area contributed by atoms with E-state index in [9.17, 15) is 0 Å². The van der Waals surface area contributed by atoms with E-state index >= 15 is 0 Å². The molecular formula is C23H39N3O3. The zero-order chi connectivity index (χ0) is 21.3. The van der Waals surface area contributed by atoms with Crippen LogP contribution in [0.3, 0.4) is 0 Å². The second-order valence-electron chi connectivity index (χ2n) is 8.75. The van der Waals surface area contributed by atoms with Crippen molar-refractivity contribution in [2.45, 2.75) is 52.1 Å². The predicted molar refractivity (Wildman–Crippen MR) is 119 cm³/mol. The lowest BCUT2D eigenvalue weighted by Gasteiger charge is -2.38. The monoisotopic (exact) mass is 405 g/mol. The number of hydrogen-bond donors (Lipinski definition) is 2. The lowest BCUT2D eigenvalue weighted by atomic mass is 9.74. The lowest BCUT2D eigenvalue weighted by molar-refractivity contribution is 0.0204. The number of guanidine groups is 1. The molecule has 1 aliphatic heterocycles. The number of benzene rings is 1. The highest BCUT2D eigenvalue weighted by Crippen LogP contribution is 2.35. The van der Waals surface area contributed by atoms with Gasteiger partial charge in [-0.1, -0.05) is 32.9 Å². The summed E-state index contributed by atoms with van der Waals surface area (Å²) in [6.45, 7) is 12.3. The fraction of sp³-hybridized carbons (Fsp3) is 0.696.